The average molecular weight is 306 g/mol. The molecule has 0 fully saturated rings. The van der Waals surface area contributed by atoms with Crippen LogP contribution in [-0.2, 0) is 12.3 Å². The van der Waals surface area contributed by atoms with Crippen LogP contribution in [0, 0.1) is 0 Å². The van der Waals surface area contributed by atoms with Gasteiger partial charge in [0.15, 0.2) is 0 Å². The summed E-state index contributed by atoms with van der Waals surface area (Å²) in [5.41, 5.74) is 2.38. The van der Waals surface area contributed by atoms with Gasteiger partial charge in [-0.05, 0) is 18.7 Å². The fourth-order valence-electron chi connectivity index (χ4n) is 1.97. The van der Waals surface area contributed by atoms with Crippen molar-refractivity contribution < 1.29 is 0 Å². The van der Waals surface area contributed by atoms with Gasteiger partial charge in [0.05, 0.1) is 5.69 Å². The first-order valence-electron chi connectivity index (χ1n) is 7.17. The Balaban J connectivity index is 2.20. The largest absolute Gasteiger partial charge is 0.312 e. The molecule has 0 spiro atoms. The van der Waals surface area contributed by atoms with Crippen molar-refractivity contribution in [1.82, 2.24) is 10.3 Å². The number of hydrogen-bond acceptors (Lipinski definition) is 4. The van der Waals surface area contributed by atoms with Gasteiger partial charge in [-0.2, -0.15) is 11.8 Å². The molecule has 0 atom stereocenters. The summed E-state index contributed by atoms with van der Waals surface area (Å²) in [6.07, 6.45) is 1.16. The summed E-state index contributed by atoms with van der Waals surface area (Å²) in [5, 5.41) is 4.73. The third-order valence-corrected chi connectivity index (χ3v) is 5.05. The van der Waals surface area contributed by atoms with E-state index in [0.717, 1.165) is 36.7 Å². The monoisotopic (exact) mass is 306 g/mol. The first kappa shape index (κ1) is 15.5. The van der Waals surface area contributed by atoms with Gasteiger partial charge in [0.1, 0.15) is 5.01 Å². The number of nitrogens with zero attached hydrogens (tertiary/aromatic N) is 1. The first-order valence-corrected chi connectivity index (χ1v) is 9.14. The van der Waals surface area contributed by atoms with E-state index in [0.29, 0.717) is 0 Å². The first-order chi connectivity index (χ1) is 9.85. The molecule has 2 rings (SSSR count). The lowest BCUT2D eigenvalue weighted by molar-refractivity contribution is 0.681. The summed E-state index contributed by atoms with van der Waals surface area (Å²) in [7, 11) is 0. The predicted molar refractivity (Wildman–Crippen MR) is 91.4 cm³/mol. The fourth-order valence-corrected chi connectivity index (χ4v) is 3.76. The molecule has 0 aliphatic carbocycles. The highest BCUT2D eigenvalue weighted by atomic mass is 32.2. The van der Waals surface area contributed by atoms with Crippen LogP contribution in [0.4, 0.5) is 0 Å². The number of thioether (sulfide) groups is 1. The lowest BCUT2D eigenvalue weighted by Crippen LogP contribution is -2.13. The van der Waals surface area contributed by atoms with Crippen LogP contribution in [0.2, 0.25) is 0 Å². The van der Waals surface area contributed by atoms with Crippen LogP contribution < -0.4 is 5.32 Å². The van der Waals surface area contributed by atoms with Gasteiger partial charge in [0, 0.05) is 22.7 Å². The van der Waals surface area contributed by atoms with Gasteiger partial charge in [-0.3, -0.25) is 0 Å². The maximum atomic E-state index is 4.85. The van der Waals surface area contributed by atoms with E-state index in [4.69, 9.17) is 4.98 Å². The number of rotatable bonds is 8. The van der Waals surface area contributed by atoms with Crippen LogP contribution in [0.5, 0.6) is 0 Å². The van der Waals surface area contributed by atoms with Crippen molar-refractivity contribution in [2.45, 2.75) is 32.6 Å². The minimum absolute atomic E-state index is 0.923. The molecule has 20 heavy (non-hydrogen) atoms. The molecule has 0 saturated carbocycles. The quantitative estimate of drug-likeness (QED) is 0.724. The van der Waals surface area contributed by atoms with Gasteiger partial charge in [0.25, 0.3) is 0 Å². The van der Waals surface area contributed by atoms with E-state index in [2.05, 4.69) is 49.5 Å². The van der Waals surface area contributed by atoms with Gasteiger partial charge in [-0.25, -0.2) is 4.98 Å². The van der Waals surface area contributed by atoms with Crippen LogP contribution in [0.1, 0.15) is 30.2 Å². The highest BCUT2D eigenvalue weighted by molar-refractivity contribution is 7.98. The zero-order chi connectivity index (χ0) is 14.2. The molecule has 0 aliphatic rings. The highest BCUT2D eigenvalue weighted by Crippen LogP contribution is 2.30. The van der Waals surface area contributed by atoms with E-state index in [1.165, 1.54) is 15.4 Å². The molecular weight excluding hydrogens is 284 g/mol. The molecular formula is C16H22N2S2. The second-order valence-corrected chi connectivity index (χ2v) is 7.00. The van der Waals surface area contributed by atoms with Crippen molar-refractivity contribution in [3.8, 4) is 11.3 Å². The third kappa shape index (κ3) is 4.33. The Morgan fingerprint density at radius 1 is 1.20 bits per heavy atom. The number of benzene rings is 1. The molecule has 1 aromatic carbocycles. The van der Waals surface area contributed by atoms with Crippen LogP contribution in [0.15, 0.2) is 30.3 Å². The van der Waals surface area contributed by atoms with Crippen LogP contribution >= 0.6 is 23.1 Å². The second kappa shape index (κ2) is 8.45. The molecule has 1 aromatic heterocycles. The zero-order valence-corrected chi connectivity index (χ0v) is 13.8. The van der Waals surface area contributed by atoms with Crippen LogP contribution in [0.3, 0.4) is 0 Å². The molecule has 2 aromatic rings. The molecule has 4 heteroatoms. The molecule has 0 amide bonds. The maximum absolute atomic E-state index is 4.85. The third-order valence-electron chi connectivity index (χ3n) is 2.93. The van der Waals surface area contributed by atoms with Gasteiger partial charge < -0.3 is 5.32 Å². The van der Waals surface area contributed by atoms with Crippen molar-refractivity contribution in [2.75, 3.05) is 12.3 Å². The Labute approximate surface area is 130 Å². The van der Waals surface area contributed by atoms with E-state index in [-0.39, 0.29) is 0 Å². The number of thiazole rings is 1. The highest BCUT2D eigenvalue weighted by Gasteiger charge is 2.12. The molecule has 2 nitrogen and oxygen atoms in total. The lowest BCUT2D eigenvalue weighted by Gasteiger charge is -2.03. The summed E-state index contributed by atoms with van der Waals surface area (Å²) in [6.45, 7) is 6.37. The molecule has 0 aliphatic heterocycles. The van der Waals surface area contributed by atoms with Gasteiger partial charge in [-0.1, -0.05) is 44.2 Å². The normalized spacial score (nSPS) is 10.9. The summed E-state index contributed by atoms with van der Waals surface area (Å²) in [4.78, 5) is 6.21. The molecule has 1 N–H and O–H groups in total. The Morgan fingerprint density at radius 3 is 2.70 bits per heavy atom. The Morgan fingerprint density at radius 2 is 2.00 bits per heavy atom. The Hall–Kier alpha value is -0.840. The minimum atomic E-state index is 0.923. The standard InChI is InChI=1S/C16H22N2S2/c1-3-10-17-11-14-16(13-8-6-5-7-9-13)18-15(20-14)12-19-4-2/h5-9,17H,3-4,10-12H2,1-2H3. The zero-order valence-electron chi connectivity index (χ0n) is 12.2. The molecule has 0 saturated heterocycles. The lowest BCUT2D eigenvalue weighted by atomic mass is 10.1. The summed E-state index contributed by atoms with van der Waals surface area (Å²) in [6, 6.07) is 10.5. The van der Waals surface area contributed by atoms with Gasteiger partial charge in [0.2, 0.25) is 0 Å². The van der Waals surface area contributed by atoms with Crippen LogP contribution in [0.25, 0.3) is 11.3 Å². The predicted octanol–water partition coefficient (Wildman–Crippen LogP) is 4.56. The number of hydrogen-bond donors (Lipinski definition) is 1. The van der Waals surface area contributed by atoms with Crippen molar-refractivity contribution in [3.63, 3.8) is 0 Å². The van der Waals surface area contributed by atoms with E-state index < -0.39 is 0 Å². The van der Waals surface area contributed by atoms with Crippen molar-refractivity contribution in [2.24, 2.45) is 0 Å². The Kier molecular flexibility index (Phi) is 6.57. The second-order valence-electron chi connectivity index (χ2n) is 4.56. The molecule has 108 valence electrons. The number of nitrogens with one attached hydrogen (secondary N) is 1. The molecule has 0 radical (unpaired) electrons. The fraction of sp³-hybridized carbons (Fsp3) is 0.438. The van der Waals surface area contributed by atoms with Gasteiger partial charge >= 0.3 is 0 Å². The topological polar surface area (TPSA) is 24.9 Å². The molecule has 0 unspecified atom stereocenters. The van der Waals surface area contributed by atoms with Crippen molar-refractivity contribution in [3.05, 3.63) is 40.2 Å². The van der Waals surface area contributed by atoms with E-state index in [9.17, 15) is 0 Å². The van der Waals surface area contributed by atoms with E-state index >= 15 is 0 Å². The summed E-state index contributed by atoms with van der Waals surface area (Å²) < 4.78 is 0. The summed E-state index contributed by atoms with van der Waals surface area (Å²) >= 11 is 3.78. The average Bonchev–Trinajstić information content (AvgIpc) is 2.89. The van der Waals surface area contributed by atoms with Gasteiger partial charge in [-0.15, -0.1) is 11.3 Å². The maximum Gasteiger partial charge on any atom is 0.103 e. The van der Waals surface area contributed by atoms with Crippen molar-refractivity contribution in [1.29, 1.82) is 0 Å². The Bertz CT molecular complexity index is 508. The SMILES string of the molecule is CCCNCc1sc(CSCC)nc1-c1ccccc1. The summed E-state index contributed by atoms with van der Waals surface area (Å²) in [5.74, 6) is 2.17. The number of aromatic nitrogens is 1. The smallest absolute Gasteiger partial charge is 0.103 e. The van der Waals surface area contributed by atoms with Crippen LogP contribution in [-0.4, -0.2) is 17.3 Å². The van der Waals surface area contributed by atoms with E-state index in [1.807, 2.05) is 23.1 Å². The molecule has 0 bridgehead atoms. The molecule has 1 heterocycles. The minimum Gasteiger partial charge on any atom is -0.312 e. The van der Waals surface area contributed by atoms with E-state index in [1.54, 1.807) is 0 Å². The van der Waals surface area contributed by atoms with Crippen molar-refractivity contribution >= 4 is 23.1 Å².